The van der Waals surface area contributed by atoms with Crippen LogP contribution in [0.1, 0.15) is 16.1 Å². The first kappa shape index (κ1) is 16.3. The van der Waals surface area contributed by atoms with Crippen molar-refractivity contribution in [2.24, 2.45) is 7.05 Å². The molecular weight excluding hydrogens is 354 g/mol. The van der Waals surface area contributed by atoms with Gasteiger partial charge in [-0.05, 0) is 37.3 Å². The van der Waals surface area contributed by atoms with Gasteiger partial charge in [-0.3, -0.25) is 9.48 Å². The zero-order chi connectivity index (χ0) is 18.3. The normalized spacial score (nSPS) is 11.0. The Morgan fingerprint density at radius 3 is 2.85 bits per heavy atom. The Morgan fingerprint density at radius 2 is 2.15 bits per heavy atom. The van der Waals surface area contributed by atoms with E-state index in [1.54, 1.807) is 48.3 Å². The van der Waals surface area contributed by atoms with E-state index >= 15 is 0 Å². The third-order valence-corrected chi connectivity index (χ3v) is 4.18. The van der Waals surface area contributed by atoms with Crippen LogP contribution in [0.5, 0.6) is 0 Å². The molecule has 0 saturated carbocycles. The Labute approximate surface area is 153 Å². The summed E-state index contributed by atoms with van der Waals surface area (Å²) in [5, 5.41) is 8.35. The van der Waals surface area contributed by atoms with Gasteiger partial charge in [0, 0.05) is 13.2 Å². The topological polar surface area (TPSA) is 85.8 Å². The summed E-state index contributed by atoms with van der Waals surface area (Å²) in [6.45, 7) is 1.84. The van der Waals surface area contributed by atoms with Gasteiger partial charge in [0.2, 0.25) is 0 Å². The number of nitrogens with zero attached hydrogens (tertiary/aromatic N) is 4. The lowest BCUT2D eigenvalue weighted by Gasteiger charge is -2.08. The molecule has 4 aromatic heterocycles. The number of rotatable bonds is 3. The largest absolute Gasteiger partial charge is 0.463 e. The second kappa shape index (κ2) is 6.27. The highest BCUT2D eigenvalue weighted by Gasteiger charge is 2.20. The van der Waals surface area contributed by atoms with Gasteiger partial charge in [0.05, 0.1) is 27.9 Å². The Balaban J connectivity index is 1.84. The molecule has 0 saturated heterocycles. The molecule has 4 heterocycles. The number of aryl methyl sites for hydroxylation is 2. The van der Waals surface area contributed by atoms with Gasteiger partial charge in [0.15, 0.2) is 11.4 Å². The third-order valence-electron chi connectivity index (χ3n) is 3.96. The fraction of sp³-hybridized carbons (Fsp3) is 0.111. The summed E-state index contributed by atoms with van der Waals surface area (Å²) in [6, 6.07) is 8.56. The van der Waals surface area contributed by atoms with E-state index in [1.807, 2.05) is 6.92 Å². The minimum Gasteiger partial charge on any atom is -0.463 e. The predicted octanol–water partition coefficient (Wildman–Crippen LogP) is 3.84. The monoisotopic (exact) mass is 367 g/mol. The van der Waals surface area contributed by atoms with E-state index in [-0.39, 0.29) is 5.91 Å². The number of hydrogen-bond acceptors (Lipinski definition) is 5. The van der Waals surface area contributed by atoms with Crippen LogP contribution in [0.3, 0.4) is 0 Å². The van der Waals surface area contributed by atoms with Crippen LogP contribution in [0, 0.1) is 6.92 Å². The van der Waals surface area contributed by atoms with Crippen LogP contribution in [-0.4, -0.2) is 25.7 Å². The van der Waals surface area contributed by atoms with Crippen LogP contribution in [0.4, 0.5) is 5.82 Å². The summed E-state index contributed by atoms with van der Waals surface area (Å²) in [5.74, 6) is 0.672. The fourth-order valence-electron chi connectivity index (χ4n) is 2.81. The molecule has 1 N–H and O–H groups in total. The second-order valence-electron chi connectivity index (χ2n) is 5.76. The Bertz CT molecular complexity index is 1100. The summed E-state index contributed by atoms with van der Waals surface area (Å²) in [5.41, 5.74) is 2.32. The van der Waals surface area contributed by atoms with Crippen molar-refractivity contribution in [3.8, 4) is 11.5 Å². The number of carbonyl (C=O) groups is 1. The highest BCUT2D eigenvalue weighted by atomic mass is 35.5. The average molecular weight is 368 g/mol. The van der Waals surface area contributed by atoms with E-state index in [9.17, 15) is 4.79 Å². The molecule has 4 aromatic rings. The molecule has 130 valence electrons. The van der Waals surface area contributed by atoms with Crippen molar-refractivity contribution in [2.45, 2.75) is 6.92 Å². The van der Waals surface area contributed by atoms with Gasteiger partial charge in [-0.15, -0.1) is 0 Å². The van der Waals surface area contributed by atoms with E-state index in [0.29, 0.717) is 38.9 Å². The van der Waals surface area contributed by atoms with E-state index in [1.165, 1.54) is 6.20 Å². The average Bonchev–Trinajstić information content (AvgIpc) is 3.25. The molecule has 8 heteroatoms. The summed E-state index contributed by atoms with van der Waals surface area (Å²) in [7, 11) is 1.79. The molecule has 0 atom stereocenters. The maximum atomic E-state index is 12.9. The SMILES string of the molecule is Cc1nn(C)c2nc(-c3ccco3)cc(C(=O)Nc3ccc(Cl)cn3)c12. The van der Waals surface area contributed by atoms with Crippen LogP contribution in [0.2, 0.25) is 5.02 Å². The maximum absolute atomic E-state index is 12.9. The fourth-order valence-corrected chi connectivity index (χ4v) is 2.92. The number of anilines is 1. The molecular formula is C18H14ClN5O2. The standard InChI is InChI=1S/C18H14ClN5O2/c1-10-16-12(18(25)22-15-6-5-11(19)9-20-15)8-13(14-4-3-7-26-14)21-17(16)24(2)23-10/h3-9H,1-2H3,(H,20,22,25). The maximum Gasteiger partial charge on any atom is 0.257 e. The number of nitrogens with one attached hydrogen (secondary N) is 1. The lowest BCUT2D eigenvalue weighted by Crippen LogP contribution is -2.14. The molecule has 0 aromatic carbocycles. The highest BCUT2D eigenvalue weighted by Crippen LogP contribution is 2.27. The summed E-state index contributed by atoms with van der Waals surface area (Å²) >= 11 is 5.84. The lowest BCUT2D eigenvalue weighted by molar-refractivity contribution is 0.102. The Kier molecular flexibility index (Phi) is 3.93. The van der Waals surface area contributed by atoms with Crippen molar-refractivity contribution in [2.75, 3.05) is 5.32 Å². The van der Waals surface area contributed by atoms with Gasteiger partial charge in [-0.25, -0.2) is 9.97 Å². The van der Waals surface area contributed by atoms with Gasteiger partial charge in [0.1, 0.15) is 11.5 Å². The first-order valence-electron chi connectivity index (χ1n) is 7.84. The van der Waals surface area contributed by atoms with Crippen LogP contribution in [0.25, 0.3) is 22.5 Å². The van der Waals surface area contributed by atoms with Crippen molar-refractivity contribution >= 4 is 34.4 Å². The van der Waals surface area contributed by atoms with Gasteiger partial charge in [-0.2, -0.15) is 5.10 Å². The van der Waals surface area contributed by atoms with E-state index < -0.39 is 0 Å². The number of fused-ring (bicyclic) bond motifs is 1. The zero-order valence-corrected chi connectivity index (χ0v) is 14.8. The first-order valence-corrected chi connectivity index (χ1v) is 8.22. The van der Waals surface area contributed by atoms with Gasteiger partial charge >= 0.3 is 0 Å². The number of furan rings is 1. The van der Waals surface area contributed by atoms with Gasteiger partial charge < -0.3 is 9.73 Å². The van der Waals surface area contributed by atoms with Crippen molar-refractivity contribution in [1.29, 1.82) is 0 Å². The van der Waals surface area contributed by atoms with Gasteiger partial charge in [-0.1, -0.05) is 11.6 Å². The Morgan fingerprint density at radius 1 is 1.31 bits per heavy atom. The molecule has 0 radical (unpaired) electrons. The van der Waals surface area contributed by atoms with Crippen molar-refractivity contribution in [1.82, 2.24) is 19.7 Å². The smallest absolute Gasteiger partial charge is 0.257 e. The number of hydrogen-bond donors (Lipinski definition) is 1. The molecule has 0 aliphatic heterocycles. The molecule has 26 heavy (non-hydrogen) atoms. The second-order valence-corrected chi connectivity index (χ2v) is 6.19. The Hall–Kier alpha value is -3.19. The first-order chi connectivity index (χ1) is 12.5. The van der Waals surface area contributed by atoms with E-state index in [0.717, 1.165) is 5.69 Å². The summed E-state index contributed by atoms with van der Waals surface area (Å²) in [4.78, 5) is 21.6. The third kappa shape index (κ3) is 2.82. The van der Waals surface area contributed by atoms with Crippen LogP contribution >= 0.6 is 11.6 Å². The number of halogens is 1. The van der Waals surface area contributed by atoms with Gasteiger partial charge in [0.25, 0.3) is 5.91 Å². The molecule has 4 rings (SSSR count). The number of aromatic nitrogens is 4. The number of amides is 1. The molecule has 0 fully saturated rings. The molecule has 7 nitrogen and oxygen atoms in total. The van der Waals surface area contributed by atoms with Crippen LogP contribution < -0.4 is 5.32 Å². The van der Waals surface area contributed by atoms with Crippen LogP contribution in [-0.2, 0) is 7.05 Å². The van der Waals surface area contributed by atoms with Crippen molar-refractivity contribution in [3.63, 3.8) is 0 Å². The minimum absolute atomic E-state index is 0.309. The molecule has 0 unspecified atom stereocenters. The zero-order valence-electron chi connectivity index (χ0n) is 14.0. The quantitative estimate of drug-likeness (QED) is 0.594. The van der Waals surface area contributed by atoms with Crippen LogP contribution in [0.15, 0.2) is 47.2 Å². The van der Waals surface area contributed by atoms with Crippen molar-refractivity contribution in [3.05, 3.63) is 59.1 Å². The number of pyridine rings is 2. The van der Waals surface area contributed by atoms with E-state index in [4.69, 9.17) is 16.0 Å². The highest BCUT2D eigenvalue weighted by molar-refractivity contribution is 6.30. The molecule has 0 aliphatic rings. The predicted molar refractivity (Wildman–Crippen MR) is 98.1 cm³/mol. The number of carbonyl (C=O) groups excluding carboxylic acids is 1. The van der Waals surface area contributed by atoms with Crippen molar-refractivity contribution < 1.29 is 9.21 Å². The molecule has 0 aliphatic carbocycles. The summed E-state index contributed by atoms with van der Waals surface area (Å²) < 4.78 is 7.08. The molecule has 0 spiro atoms. The lowest BCUT2D eigenvalue weighted by atomic mass is 10.1. The summed E-state index contributed by atoms with van der Waals surface area (Å²) in [6.07, 6.45) is 3.04. The van der Waals surface area contributed by atoms with E-state index in [2.05, 4.69) is 20.4 Å². The molecule has 0 bridgehead atoms. The minimum atomic E-state index is -0.309. The molecule has 1 amide bonds.